The summed E-state index contributed by atoms with van der Waals surface area (Å²) in [5, 5.41) is 0. The van der Waals surface area contributed by atoms with Gasteiger partial charge < -0.3 is 9.32 Å². The predicted molar refractivity (Wildman–Crippen MR) is 79.9 cm³/mol. The highest BCUT2D eigenvalue weighted by Gasteiger charge is 2.40. The van der Waals surface area contributed by atoms with E-state index in [1.165, 1.54) is 0 Å². The van der Waals surface area contributed by atoms with Crippen LogP contribution in [0.5, 0.6) is 0 Å². The van der Waals surface area contributed by atoms with E-state index in [0.717, 1.165) is 62.0 Å². The number of anilines is 1. The van der Waals surface area contributed by atoms with Gasteiger partial charge in [-0.15, -0.1) is 0 Å². The Morgan fingerprint density at radius 2 is 1.81 bits per heavy atom. The van der Waals surface area contributed by atoms with Crippen molar-refractivity contribution < 1.29 is 4.42 Å². The molecule has 0 bridgehead atoms. The van der Waals surface area contributed by atoms with Crippen LogP contribution in [-0.4, -0.2) is 41.0 Å². The van der Waals surface area contributed by atoms with Gasteiger partial charge in [-0.1, -0.05) is 0 Å². The van der Waals surface area contributed by atoms with Crippen molar-refractivity contribution in [2.24, 2.45) is 11.8 Å². The van der Waals surface area contributed by atoms with Gasteiger partial charge in [0.2, 0.25) is 5.95 Å². The topological polar surface area (TPSA) is 45.4 Å². The summed E-state index contributed by atoms with van der Waals surface area (Å²) in [5.41, 5.74) is 0. The van der Waals surface area contributed by atoms with Crippen molar-refractivity contribution in [3.63, 3.8) is 0 Å². The largest absolute Gasteiger partial charge is 0.465 e. The SMILES string of the molecule is Cc1ccc(CN2C[C@H]3CN(c4ncccn4)C[C@@H]3C2)o1. The van der Waals surface area contributed by atoms with Gasteiger partial charge in [-0.2, -0.15) is 0 Å². The highest BCUT2D eigenvalue weighted by molar-refractivity contribution is 5.31. The van der Waals surface area contributed by atoms with E-state index in [1.54, 1.807) is 0 Å². The maximum atomic E-state index is 5.69. The lowest BCUT2D eigenvalue weighted by Gasteiger charge is -2.20. The summed E-state index contributed by atoms with van der Waals surface area (Å²) in [5.74, 6) is 4.40. The summed E-state index contributed by atoms with van der Waals surface area (Å²) >= 11 is 0. The Labute approximate surface area is 124 Å². The Morgan fingerprint density at radius 1 is 1.10 bits per heavy atom. The van der Waals surface area contributed by atoms with Crippen molar-refractivity contribution in [2.45, 2.75) is 13.5 Å². The van der Waals surface area contributed by atoms with Crippen molar-refractivity contribution in [1.29, 1.82) is 0 Å². The summed E-state index contributed by atoms with van der Waals surface area (Å²) in [6.45, 7) is 7.37. The van der Waals surface area contributed by atoms with E-state index in [-0.39, 0.29) is 0 Å². The molecule has 110 valence electrons. The number of hydrogen-bond acceptors (Lipinski definition) is 5. The zero-order valence-corrected chi connectivity index (χ0v) is 12.3. The van der Waals surface area contributed by atoms with Crippen LogP contribution in [0.2, 0.25) is 0 Å². The van der Waals surface area contributed by atoms with Gasteiger partial charge in [0.25, 0.3) is 0 Å². The predicted octanol–water partition coefficient (Wildman–Crippen LogP) is 1.95. The molecule has 5 heteroatoms. The first-order valence-corrected chi connectivity index (χ1v) is 7.57. The second-order valence-electron chi connectivity index (χ2n) is 6.18. The molecule has 21 heavy (non-hydrogen) atoms. The van der Waals surface area contributed by atoms with Crippen LogP contribution in [0.4, 0.5) is 5.95 Å². The zero-order chi connectivity index (χ0) is 14.2. The Hall–Kier alpha value is -1.88. The monoisotopic (exact) mass is 284 g/mol. The molecule has 2 atom stereocenters. The third-order valence-electron chi connectivity index (χ3n) is 4.57. The molecule has 0 aliphatic carbocycles. The van der Waals surface area contributed by atoms with Gasteiger partial charge in [-0.3, -0.25) is 4.90 Å². The Balaban J connectivity index is 1.37. The lowest BCUT2D eigenvalue weighted by molar-refractivity contribution is 0.277. The van der Waals surface area contributed by atoms with Gasteiger partial charge >= 0.3 is 0 Å². The summed E-state index contributed by atoms with van der Waals surface area (Å²) in [4.78, 5) is 13.6. The molecule has 2 aromatic heterocycles. The molecular weight excluding hydrogens is 264 g/mol. The first-order chi connectivity index (χ1) is 10.3. The minimum absolute atomic E-state index is 0.727. The van der Waals surface area contributed by atoms with E-state index in [9.17, 15) is 0 Å². The van der Waals surface area contributed by atoms with Crippen LogP contribution in [0, 0.1) is 18.8 Å². The third-order valence-corrected chi connectivity index (χ3v) is 4.57. The number of likely N-dealkylation sites (tertiary alicyclic amines) is 1. The fourth-order valence-corrected chi connectivity index (χ4v) is 3.63. The zero-order valence-electron chi connectivity index (χ0n) is 12.3. The van der Waals surface area contributed by atoms with Crippen molar-refractivity contribution in [1.82, 2.24) is 14.9 Å². The molecule has 0 spiro atoms. The number of furan rings is 1. The first-order valence-electron chi connectivity index (χ1n) is 7.57. The molecule has 5 nitrogen and oxygen atoms in total. The number of hydrogen-bond donors (Lipinski definition) is 0. The van der Waals surface area contributed by atoms with Crippen LogP contribution >= 0.6 is 0 Å². The fraction of sp³-hybridized carbons (Fsp3) is 0.500. The number of fused-ring (bicyclic) bond motifs is 1. The number of aryl methyl sites for hydroxylation is 1. The standard InChI is InChI=1S/C16H20N4O/c1-12-3-4-15(21-12)11-19-7-13-9-20(10-14(13)8-19)16-17-5-2-6-18-16/h2-6,13-14H,7-11H2,1H3/t13-,14-/m0/s1. The van der Waals surface area contributed by atoms with Crippen LogP contribution in [0.1, 0.15) is 11.5 Å². The highest BCUT2D eigenvalue weighted by Crippen LogP contribution is 2.33. The average molecular weight is 284 g/mol. The van der Waals surface area contributed by atoms with E-state index >= 15 is 0 Å². The van der Waals surface area contributed by atoms with Crippen LogP contribution in [0.25, 0.3) is 0 Å². The Kier molecular flexibility index (Phi) is 3.15. The number of nitrogens with zero attached hydrogens (tertiary/aromatic N) is 4. The van der Waals surface area contributed by atoms with Crippen molar-refractivity contribution in [2.75, 3.05) is 31.1 Å². The minimum atomic E-state index is 0.727. The highest BCUT2D eigenvalue weighted by atomic mass is 16.3. The van der Waals surface area contributed by atoms with E-state index in [4.69, 9.17) is 4.42 Å². The molecule has 2 saturated heterocycles. The summed E-state index contributed by atoms with van der Waals surface area (Å²) in [6, 6.07) is 6.00. The van der Waals surface area contributed by atoms with Crippen molar-refractivity contribution >= 4 is 5.95 Å². The summed E-state index contributed by atoms with van der Waals surface area (Å²) < 4.78 is 5.69. The van der Waals surface area contributed by atoms with E-state index in [0.29, 0.717) is 0 Å². The molecule has 4 rings (SSSR count). The normalized spacial score (nSPS) is 25.5. The van der Waals surface area contributed by atoms with Gasteiger partial charge in [0.15, 0.2) is 0 Å². The van der Waals surface area contributed by atoms with Gasteiger partial charge in [0.1, 0.15) is 11.5 Å². The molecule has 0 radical (unpaired) electrons. The summed E-state index contributed by atoms with van der Waals surface area (Å²) in [6.07, 6.45) is 3.64. The van der Waals surface area contributed by atoms with E-state index in [1.807, 2.05) is 31.5 Å². The quantitative estimate of drug-likeness (QED) is 0.862. The lowest BCUT2D eigenvalue weighted by atomic mass is 10.0. The van der Waals surface area contributed by atoms with Crippen LogP contribution < -0.4 is 4.90 Å². The third kappa shape index (κ3) is 2.53. The molecule has 2 aromatic rings. The minimum Gasteiger partial charge on any atom is -0.465 e. The average Bonchev–Trinajstić information content (AvgIpc) is 3.15. The lowest BCUT2D eigenvalue weighted by Crippen LogP contribution is -2.29. The summed E-state index contributed by atoms with van der Waals surface area (Å²) in [7, 11) is 0. The second kappa shape index (κ2) is 5.15. The first kappa shape index (κ1) is 12.8. The molecule has 2 fully saturated rings. The smallest absolute Gasteiger partial charge is 0.225 e. The van der Waals surface area contributed by atoms with E-state index < -0.39 is 0 Å². The van der Waals surface area contributed by atoms with Crippen molar-refractivity contribution in [3.8, 4) is 0 Å². The molecule has 0 aromatic carbocycles. The molecule has 4 heterocycles. The Morgan fingerprint density at radius 3 is 2.43 bits per heavy atom. The molecule has 0 amide bonds. The van der Waals surface area contributed by atoms with Crippen LogP contribution in [0.15, 0.2) is 35.0 Å². The maximum Gasteiger partial charge on any atom is 0.225 e. The van der Waals surface area contributed by atoms with Crippen LogP contribution in [-0.2, 0) is 6.54 Å². The van der Waals surface area contributed by atoms with Gasteiger partial charge in [-0.05, 0) is 37.0 Å². The molecule has 0 saturated carbocycles. The Bertz CT molecular complexity index is 598. The van der Waals surface area contributed by atoms with Gasteiger partial charge in [0.05, 0.1) is 6.54 Å². The molecule has 0 unspecified atom stereocenters. The molecule has 2 aliphatic heterocycles. The molecule has 0 N–H and O–H groups in total. The molecular formula is C16H20N4O. The molecule has 2 aliphatic rings. The number of rotatable bonds is 3. The fourth-order valence-electron chi connectivity index (χ4n) is 3.63. The maximum absolute atomic E-state index is 5.69. The second-order valence-corrected chi connectivity index (χ2v) is 6.18. The van der Waals surface area contributed by atoms with Gasteiger partial charge in [-0.25, -0.2) is 9.97 Å². The van der Waals surface area contributed by atoms with Crippen LogP contribution in [0.3, 0.4) is 0 Å². The van der Waals surface area contributed by atoms with Crippen molar-refractivity contribution in [3.05, 3.63) is 42.1 Å². The number of aromatic nitrogens is 2. The van der Waals surface area contributed by atoms with E-state index in [2.05, 4.69) is 25.8 Å². The van der Waals surface area contributed by atoms with Gasteiger partial charge in [0, 0.05) is 38.6 Å².